The molecule has 0 amide bonds. The zero-order chi connectivity index (χ0) is 15.2. The van der Waals surface area contributed by atoms with E-state index in [1.165, 1.54) is 13.0 Å². The Morgan fingerprint density at radius 2 is 1.80 bits per heavy atom. The molecule has 0 spiro atoms. The molecule has 0 aliphatic rings. The average Bonchev–Trinajstić information content (AvgIpc) is 2.37. The van der Waals surface area contributed by atoms with Crippen molar-refractivity contribution < 1.29 is 19.1 Å². The summed E-state index contributed by atoms with van der Waals surface area (Å²) in [5.74, 6) is 0.164. The van der Waals surface area contributed by atoms with Crippen LogP contribution in [0, 0.1) is 0 Å². The number of allylic oxidation sites excluding steroid dienone is 1. The Balaban J connectivity index is 2.74. The second-order valence-corrected chi connectivity index (χ2v) is 4.85. The molecule has 0 aliphatic carbocycles. The lowest BCUT2D eigenvalue weighted by Crippen LogP contribution is -2.39. The molecular formula is C16H20O4. The number of hydrogen-bond donors (Lipinski definition) is 0. The van der Waals surface area contributed by atoms with Crippen molar-refractivity contribution in [2.45, 2.75) is 33.3 Å². The normalized spacial score (nSPS) is 11.4. The summed E-state index contributed by atoms with van der Waals surface area (Å²) < 4.78 is 10.6. The number of rotatable bonds is 6. The Morgan fingerprint density at radius 3 is 2.30 bits per heavy atom. The zero-order valence-electron chi connectivity index (χ0n) is 12.3. The highest BCUT2D eigenvalue weighted by Gasteiger charge is 2.31. The topological polar surface area (TPSA) is 52.6 Å². The molecule has 4 nitrogen and oxygen atoms in total. The van der Waals surface area contributed by atoms with Crippen LogP contribution in [0.5, 0.6) is 5.75 Å². The first-order valence-corrected chi connectivity index (χ1v) is 6.50. The maximum atomic E-state index is 11.7. The van der Waals surface area contributed by atoms with Gasteiger partial charge in [-0.05, 0) is 51.5 Å². The van der Waals surface area contributed by atoms with Crippen LogP contribution < -0.4 is 4.74 Å². The minimum Gasteiger partial charge on any atom is -0.476 e. The Bertz CT molecular complexity index is 498. The molecule has 0 fully saturated rings. The second-order valence-electron chi connectivity index (χ2n) is 4.85. The van der Waals surface area contributed by atoms with Gasteiger partial charge in [0.25, 0.3) is 0 Å². The van der Waals surface area contributed by atoms with Gasteiger partial charge in [0, 0.05) is 0 Å². The first-order valence-electron chi connectivity index (χ1n) is 6.50. The monoisotopic (exact) mass is 276 g/mol. The van der Waals surface area contributed by atoms with Crippen LogP contribution >= 0.6 is 0 Å². The third-order valence-corrected chi connectivity index (χ3v) is 2.53. The van der Waals surface area contributed by atoms with Gasteiger partial charge in [0.2, 0.25) is 0 Å². The first-order chi connectivity index (χ1) is 9.35. The van der Waals surface area contributed by atoms with Crippen molar-refractivity contribution in [3.8, 4) is 5.75 Å². The predicted molar refractivity (Wildman–Crippen MR) is 77.5 cm³/mol. The molecule has 0 aromatic heterocycles. The van der Waals surface area contributed by atoms with Crippen LogP contribution in [0.25, 0.3) is 6.08 Å². The van der Waals surface area contributed by atoms with Crippen LogP contribution in [0.4, 0.5) is 0 Å². The number of carbonyl (C=O) groups excluding carboxylic acids is 2. The lowest BCUT2D eigenvalue weighted by Gasteiger charge is -2.24. The van der Waals surface area contributed by atoms with Gasteiger partial charge in [0.1, 0.15) is 5.75 Å². The summed E-state index contributed by atoms with van der Waals surface area (Å²) in [6, 6.07) is 7.13. The highest BCUT2D eigenvalue weighted by atomic mass is 16.6. The van der Waals surface area contributed by atoms with E-state index in [2.05, 4.69) is 0 Å². The van der Waals surface area contributed by atoms with Crippen LogP contribution in [0.15, 0.2) is 30.3 Å². The Kier molecular flexibility index (Phi) is 5.50. The maximum absolute atomic E-state index is 11.7. The number of ketones is 1. The maximum Gasteiger partial charge on any atom is 0.349 e. The molecule has 0 unspecified atom stereocenters. The number of ether oxygens (including phenoxy) is 2. The molecule has 0 saturated carbocycles. The van der Waals surface area contributed by atoms with E-state index in [1.807, 2.05) is 12.1 Å². The average molecular weight is 276 g/mol. The molecule has 0 radical (unpaired) electrons. The predicted octanol–water partition coefficient (Wildman–Crippen LogP) is 3.01. The number of carbonyl (C=O) groups is 2. The van der Waals surface area contributed by atoms with Crippen molar-refractivity contribution in [3.05, 3.63) is 35.9 Å². The summed E-state index contributed by atoms with van der Waals surface area (Å²) in [5, 5.41) is 0. The van der Waals surface area contributed by atoms with Gasteiger partial charge < -0.3 is 9.47 Å². The fraction of sp³-hybridized carbons (Fsp3) is 0.375. The van der Waals surface area contributed by atoms with E-state index in [9.17, 15) is 9.59 Å². The van der Waals surface area contributed by atoms with Gasteiger partial charge >= 0.3 is 5.97 Å². The molecule has 0 N–H and O–H groups in total. The van der Waals surface area contributed by atoms with E-state index in [0.717, 1.165) is 5.56 Å². The van der Waals surface area contributed by atoms with E-state index in [1.54, 1.807) is 39.0 Å². The first kappa shape index (κ1) is 16.0. The Morgan fingerprint density at radius 1 is 1.20 bits per heavy atom. The van der Waals surface area contributed by atoms with E-state index in [0.29, 0.717) is 12.4 Å². The van der Waals surface area contributed by atoms with Crippen LogP contribution in [0.3, 0.4) is 0 Å². The number of benzene rings is 1. The van der Waals surface area contributed by atoms with Crippen LogP contribution in [0.1, 0.15) is 33.3 Å². The molecule has 0 heterocycles. The molecule has 4 heteroatoms. The van der Waals surface area contributed by atoms with Gasteiger partial charge in [-0.25, -0.2) is 4.79 Å². The van der Waals surface area contributed by atoms with Gasteiger partial charge in [-0.1, -0.05) is 18.2 Å². The van der Waals surface area contributed by atoms with Crippen molar-refractivity contribution in [1.29, 1.82) is 0 Å². The molecule has 0 aliphatic heterocycles. The van der Waals surface area contributed by atoms with E-state index in [-0.39, 0.29) is 5.78 Å². The third kappa shape index (κ3) is 4.88. The SMILES string of the molecule is CCOC(=O)C(C)(C)Oc1ccc(/C=C/C(C)=O)cc1. The summed E-state index contributed by atoms with van der Waals surface area (Å²) in [5.41, 5.74) is -0.145. The lowest BCUT2D eigenvalue weighted by molar-refractivity contribution is -0.158. The summed E-state index contributed by atoms with van der Waals surface area (Å²) in [6.07, 6.45) is 3.22. The second kappa shape index (κ2) is 6.89. The fourth-order valence-electron chi connectivity index (χ4n) is 1.50. The number of esters is 1. The third-order valence-electron chi connectivity index (χ3n) is 2.53. The Labute approximate surface area is 119 Å². The van der Waals surface area contributed by atoms with E-state index >= 15 is 0 Å². The summed E-state index contributed by atoms with van der Waals surface area (Å²) in [4.78, 5) is 22.6. The van der Waals surface area contributed by atoms with Gasteiger partial charge in [0.15, 0.2) is 11.4 Å². The molecule has 1 aromatic rings. The highest BCUT2D eigenvalue weighted by Crippen LogP contribution is 2.20. The zero-order valence-corrected chi connectivity index (χ0v) is 12.3. The van der Waals surface area contributed by atoms with Crippen molar-refractivity contribution in [1.82, 2.24) is 0 Å². The molecule has 1 rings (SSSR count). The molecule has 108 valence electrons. The molecule has 0 atom stereocenters. The minimum atomic E-state index is -1.03. The van der Waals surface area contributed by atoms with Crippen molar-refractivity contribution >= 4 is 17.8 Å². The van der Waals surface area contributed by atoms with Gasteiger partial charge in [-0.15, -0.1) is 0 Å². The van der Waals surface area contributed by atoms with Crippen LogP contribution in [-0.2, 0) is 14.3 Å². The van der Waals surface area contributed by atoms with Gasteiger partial charge in [-0.2, -0.15) is 0 Å². The van der Waals surface area contributed by atoms with E-state index < -0.39 is 11.6 Å². The lowest BCUT2D eigenvalue weighted by atomic mass is 10.1. The molecule has 0 saturated heterocycles. The molecule has 1 aromatic carbocycles. The molecule has 20 heavy (non-hydrogen) atoms. The largest absolute Gasteiger partial charge is 0.476 e. The minimum absolute atomic E-state index is 0.00577. The van der Waals surface area contributed by atoms with Crippen LogP contribution in [-0.4, -0.2) is 24.0 Å². The summed E-state index contributed by atoms with van der Waals surface area (Å²) in [6.45, 7) is 6.89. The molecule has 0 bridgehead atoms. The quantitative estimate of drug-likeness (QED) is 0.592. The molecular weight excluding hydrogens is 256 g/mol. The van der Waals surface area contributed by atoms with Gasteiger partial charge in [-0.3, -0.25) is 4.79 Å². The fourth-order valence-corrected chi connectivity index (χ4v) is 1.50. The van der Waals surface area contributed by atoms with Crippen molar-refractivity contribution in [2.24, 2.45) is 0 Å². The number of hydrogen-bond acceptors (Lipinski definition) is 4. The summed E-state index contributed by atoms with van der Waals surface area (Å²) in [7, 11) is 0. The Hall–Kier alpha value is -2.10. The summed E-state index contributed by atoms with van der Waals surface area (Å²) >= 11 is 0. The van der Waals surface area contributed by atoms with Crippen molar-refractivity contribution in [2.75, 3.05) is 6.61 Å². The van der Waals surface area contributed by atoms with Gasteiger partial charge in [0.05, 0.1) is 6.61 Å². The highest BCUT2D eigenvalue weighted by molar-refractivity contribution is 5.91. The van der Waals surface area contributed by atoms with Crippen LogP contribution in [0.2, 0.25) is 0 Å². The van der Waals surface area contributed by atoms with Crippen molar-refractivity contribution in [3.63, 3.8) is 0 Å². The van der Waals surface area contributed by atoms with E-state index in [4.69, 9.17) is 9.47 Å². The smallest absolute Gasteiger partial charge is 0.349 e. The standard InChI is InChI=1S/C16H20O4/c1-5-19-15(18)16(3,4)20-14-10-8-13(9-11-14)7-6-12(2)17/h6-11H,5H2,1-4H3/b7-6+.